The molecule has 1 atom stereocenters. The van der Waals surface area contributed by atoms with Gasteiger partial charge in [-0.05, 0) is 43.2 Å². The molecule has 0 fully saturated rings. The van der Waals surface area contributed by atoms with E-state index in [0.717, 1.165) is 56.1 Å². The minimum atomic E-state index is -1.16. The highest BCUT2D eigenvalue weighted by molar-refractivity contribution is 5.80. The predicted molar refractivity (Wildman–Crippen MR) is 234 cm³/mol. The van der Waals surface area contributed by atoms with E-state index < -0.39 is 18.1 Å². The maximum Gasteiger partial charge on any atom is 0.408 e. The van der Waals surface area contributed by atoms with Crippen LogP contribution in [-0.4, -0.2) is 119 Å². The Kier molecular flexibility index (Phi) is 32.1. The van der Waals surface area contributed by atoms with Crippen molar-refractivity contribution in [1.82, 2.24) is 21.3 Å². The molecular weight excluding hydrogens is 817 g/mol. The van der Waals surface area contributed by atoms with Crippen molar-refractivity contribution in [2.75, 3.05) is 72.5 Å². The third-order valence-electron chi connectivity index (χ3n) is 9.40. The van der Waals surface area contributed by atoms with Gasteiger partial charge in [0.1, 0.15) is 19.3 Å². The number of alkyl carbamates (subject to hydrolysis) is 1. The summed E-state index contributed by atoms with van der Waals surface area (Å²) >= 11 is 0. The third kappa shape index (κ3) is 32.3. The van der Waals surface area contributed by atoms with E-state index in [2.05, 4.69) is 21.3 Å². The summed E-state index contributed by atoms with van der Waals surface area (Å²) in [6.07, 6.45) is 8.62. The number of hydrogen-bond acceptors (Lipinski definition) is 12. The van der Waals surface area contributed by atoms with Crippen molar-refractivity contribution in [3.05, 3.63) is 71.8 Å². The molecule has 0 spiro atoms. The van der Waals surface area contributed by atoms with Crippen LogP contribution in [0.25, 0.3) is 0 Å². The number of hydrogen-bond donors (Lipinski definition) is 5. The molecule has 0 aliphatic heterocycles. The second-order valence-electron chi connectivity index (χ2n) is 14.7. The van der Waals surface area contributed by atoms with Gasteiger partial charge in [0, 0.05) is 45.3 Å². The van der Waals surface area contributed by atoms with Crippen LogP contribution in [0.2, 0.25) is 0 Å². The topological polar surface area (TPSA) is 226 Å². The number of rotatable bonds is 39. The minimum absolute atomic E-state index is 0.0142. The molecule has 2 rings (SSSR count). The number of carbonyl (C=O) groups is 6. The molecule has 0 aliphatic carbocycles. The van der Waals surface area contributed by atoms with Crippen molar-refractivity contribution in [2.24, 2.45) is 0 Å². The number of carboxylic acids is 1. The summed E-state index contributed by atoms with van der Waals surface area (Å²) < 4.78 is 32.2. The fraction of sp³-hybridized carbons (Fsp3) is 0.609. The lowest BCUT2D eigenvalue weighted by molar-refractivity contribution is -0.145. The number of aliphatic carboxylic acids is 1. The molecule has 0 radical (unpaired) electrons. The van der Waals surface area contributed by atoms with Crippen LogP contribution in [0.5, 0.6) is 0 Å². The van der Waals surface area contributed by atoms with E-state index >= 15 is 0 Å². The first-order valence-corrected chi connectivity index (χ1v) is 22.2. The minimum Gasteiger partial charge on any atom is -0.480 e. The van der Waals surface area contributed by atoms with Crippen LogP contribution in [0.1, 0.15) is 101 Å². The molecule has 0 aromatic heterocycles. The molecule has 17 nitrogen and oxygen atoms in total. The number of amides is 4. The Morgan fingerprint density at radius 3 is 1.43 bits per heavy atom. The van der Waals surface area contributed by atoms with E-state index in [0.29, 0.717) is 91.6 Å². The number of carboxylic acid groups (broad SMARTS) is 1. The van der Waals surface area contributed by atoms with Gasteiger partial charge in [0.2, 0.25) is 17.7 Å². The summed E-state index contributed by atoms with van der Waals surface area (Å²) in [6.45, 7) is 3.97. The van der Waals surface area contributed by atoms with Gasteiger partial charge in [0.05, 0.1) is 52.9 Å². The Bertz CT molecular complexity index is 1530. The highest BCUT2D eigenvalue weighted by Crippen LogP contribution is 2.11. The van der Waals surface area contributed by atoms with E-state index in [4.69, 9.17) is 28.4 Å². The zero-order valence-electron chi connectivity index (χ0n) is 36.8. The molecule has 5 N–H and O–H groups in total. The summed E-state index contributed by atoms with van der Waals surface area (Å²) in [5.74, 6) is -1.64. The van der Waals surface area contributed by atoms with Gasteiger partial charge < -0.3 is 54.8 Å². The summed E-state index contributed by atoms with van der Waals surface area (Å²) in [5, 5.41) is 20.2. The summed E-state index contributed by atoms with van der Waals surface area (Å²) in [4.78, 5) is 71.5. The first kappa shape index (κ1) is 54.0. The zero-order valence-corrected chi connectivity index (χ0v) is 36.8. The largest absolute Gasteiger partial charge is 0.480 e. The Labute approximate surface area is 372 Å². The van der Waals surface area contributed by atoms with Gasteiger partial charge in [-0.2, -0.15) is 0 Å². The number of unbranched alkanes of at least 4 members (excludes halogenated alkanes) is 7. The van der Waals surface area contributed by atoms with Crippen LogP contribution >= 0.6 is 0 Å². The molecule has 0 aliphatic rings. The van der Waals surface area contributed by atoms with Crippen LogP contribution in [0, 0.1) is 0 Å². The summed E-state index contributed by atoms with van der Waals surface area (Å²) in [5.41, 5.74) is 1.78. The molecule has 2 aromatic carbocycles. The van der Waals surface area contributed by atoms with Crippen molar-refractivity contribution in [3.8, 4) is 0 Å². The second kappa shape index (κ2) is 37.5. The standard InChI is InChI=1S/C46H70N4O13/c51-41(21-12-4-2-1-3-5-13-22-44(54)62-36-38-16-8-6-9-17-38)48-26-30-60-34-33-59-29-24-43(53)49-27-31-61-35-32-58-28-23-42(52)47-25-15-14-20-40(45(55)56)50-46(57)63-37-39-18-10-7-11-19-39/h6-11,16-19,40H,1-5,12-15,20-37H2,(H,47,52)(H,48,51)(H,49,53)(H,50,57)(H,55,56)/t40-/m0/s1. The molecule has 63 heavy (non-hydrogen) atoms. The molecule has 0 saturated heterocycles. The third-order valence-corrected chi connectivity index (χ3v) is 9.40. The van der Waals surface area contributed by atoms with Gasteiger partial charge in [-0.3, -0.25) is 19.2 Å². The average Bonchev–Trinajstić information content (AvgIpc) is 3.28. The molecule has 0 heterocycles. The van der Waals surface area contributed by atoms with Gasteiger partial charge in [0.15, 0.2) is 0 Å². The smallest absolute Gasteiger partial charge is 0.408 e. The van der Waals surface area contributed by atoms with E-state index in [9.17, 15) is 33.9 Å². The van der Waals surface area contributed by atoms with Crippen molar-refractivity contribution >= 4 is 35.8 Å². The van der Waals surface area contributed by atoms with Crippen molar-refractivity contribution in [3.63, 3.8) is 0 Å². The fourth-order valence-corrected chi connectivity index (χ4v) is 5.88. The predicted octanol–water partition coefficient (Wildman–Crippen LogP) is 4.99. The van der Waals surface area contributed by atoms with E-state index in [-0.39, 0.29) is 62.8 Å². The quantitative estimate of drug-likeness (QED) is 0.0442. The van der Waals surface area contributed by atoms with E-state index in [1.807, 2.05) is 48.5 Å². The lowest BCUT2D eigenvalue weighted by Gasteiger charge is -2.14. The number of esters is 1. The Balaban J connectivity index is 1.26. The van der Waals surface area contributed by atoms with Crippen LogP contribution in [0.3, 0.4) is 0 Å². The number of benzene rings is 2. The average molecular weight is 887 g/mol. The van der Waals surface area contributed by atoms with Crippen molar-refractivity contribution in [1.29, 1.82) is 0 Å². The maximum absolute atomic E-state index is 12.0. The first-order chi connectivity index (χ1) is 30.7. The highest BCUT2D eigenvalue weighted by atomic mass is 16.6. The van der Waals surface area contributed by atoms with Gasteiger partial charge in [0.25, 0.3) is 0 Å². The monoisotopic (exact) mass is 886 g/mol. The van der Waals surface area contributed by atoms with Gasteiger partial charge in [-0.1, -0.05) is 92.8 Å². The van der Waals surface area contributed by atoms with Crippen LogP contribution in [0.15, 0.2) is 60.7 Å². The SMILES string of the molecule is O=C(CCCCCCCCCC(=O)OCc1ccccc1)NCCOCCOCCC(=O)NCCOCCOCCC(=O)NCCCC[C@H](NC(=O)OCc1ccccc1)C(=O)O. The van der Waals surface area contributed by atoms with Gasteiger partial charge >= 0.3 is 18.0 Å². The zero-order chi connectivity index (χ0) is 45.4. The highest BCUT2D eigenvalue weighted by Gasteiger charge is 2.20. The molecule has 0 unspecified atom stereocenters. The fourth-order valence-electron chi connectivity index (χ4n) is 5.88. The summed E-state index contributed by atoms with van der Waals surface area (Å²) in [6, 6.07) is 17.6. The van der Waals surface area contributed by atoms with Gasteiger partial charge in [-0.15, -0.1) is 0 Å². The molecule has 2 aromatic rings. The Hall–Kier alpha value is -5.10. The molecule has 352 valence electrons. The van der Waals surface area contributed by atoms with Crippen LogP contribution < -0.4 is 21.3 Å². The number of nitrogens with one attached hydrogen (secondary N) is 4. The van der Waals surface area contributed by atoms with Crippen molar-refractivity contribution < 1.29 is 62.3 Å². The lowest BCUT2D eigenvalue weighted by atomic mass is 10.1. The normalized spacial score (nSPS) is 11.3. The maximum atomic E-state index is 12.0. The Morgan fingerprint density at radius 2 is 0.905 bits per heavy atom. The van der Waals surface area contributed by atoms with Crippen molar-refractivity contribution in [2.45, 2.75) is 109 Å². The molecule has 4 amide bonds. The van der Waals surface area contributed by atoms with Crippen LogP contribution in [-0.2, 0) is 65.6 Å². The number of ether oxygens (including phenoxy) is 6. The first-order valence-electron chi connectivity index (χ1n) is 22.2. The van der Waals surface area contributed by atoms with E-state index in [1.165, 1.54) is 0 Å². The molecule has 17 heteroatoms. The second-order valence-corrected chi connectivity index (χ2v) is 14.7. The van der Waals surface area contributed by atoms with E-state index in [1.54, 1.807) is 12.1 Å². The summed E-state index contributed by atoms with van der Waals surface area (Å²) in [7, 11) is 0. The molecular formula is C46H70N4O13. The molecule has 0 saturated carbocycles. The van der Waals surface area contributed by atoms with Crippen LogP contribution in [0.4, 0.5) is 4.79 Å². The lowest BCUT2D eigenvalue weighted by Crippen LogP contribution is -2.41. The number of carbonyl (C=O) groups excluding carboxylic acids is 5. The molecule has 0 bridgehead atoms. The Morgan fingerprint density at radius 1 is 0.460 bits per heavy atom. The van der Waals surface area contributed by atoms with Gasteiger partial charge in [-0.25, -0.2) is 9.59 Å².